The zero-order valence-corrected chi connectivity index (χ0v) is 8.70. The highest BCUT2D eigenvalue weighted by Gasteiger charge is 2.25. The van der Waals surface area contributed by atoms with E-state index in [1.165, 1.54) is 11.3 Å². The number of thiazole rings is 1. The first kappa shape index (κ1) is 11.5. The molecule has 3 nitrogen and oxygen atoms in total. The van der Waals surface area contributed by atoms with Crippen LogP contribution >= 0.6 is 11.3 Å². The second kappa shape index (κ2) is 4.77. The molecule has 0 aromatic carbocycles. The summed E-state index contributed by atoms with van der Waals surface area (Å²) in [7, 11) is 0. The van der Waals surface area contributed by atoms with Crippen LogP contribution in [0.3, 0.4) is 0 Å². The number of hydrogen-bond acceptors (Lipinski definition) is 4. The second-order valence-electron chi connectivity index (χ2n) is 3.05. The minimum Gasteiger partial charge on any atom is -0.325 e. The molecule has 0 radical (unpaired) electrons. The van der Waals surface area contributed by atoms with Gasteiger partial charge in [-0.3, -0.25) is 0 Å². The summed E-state index contributed by atoms with van der Waals surface area (Å²) in [5.74, 6) is -2.83. The van der Waals surface area contributed by atoms with Gasteiger partial charge in [0.25, 0.3) is 5.92 Å². The van der Waals surface area contributed by atoms with E-state index in [4.69, 9.17) is 5.73 Å². The van der Waals surface area contributed by atoms with E-state index in [0.29, 0.717) is 6.54 Å². The van der Waals surface area contributed by atoms with Gasteiger partial charge < -0.3 is 11.1 Å². The molecule has 0 aliphatic heterocycles. The fraction of sp³-hybridized carbons (Fsp3) is 0.625. The van der Waals surface area contributed by atoms with E-state index >= 15 is 0 Å². The maximum Gasteiger partial charge on any atom is 0.272 e. The molecular formula is C8H13F2N3S. The number of nitrogens with one attached hydrogen (secondary N) is 1. The van der Waals surface area contributed by atoms with E-state index in [1.54, 1.807) is 0 Å². The Kier molecular flexibility index (Phi) is 3.91. The third-order valence-corrected chi connectivity index (χ3v) is 2.59. The van der Waals surface area contributed by atoms with Crippen LogP contribution in [0.4, 0.5) is 8.78 Å². The van der Waals surface area contributed by atoms with Gasteiger partial charge in [0.1, 0.15) is 5.01 Å². The number of halogens is 2. The molecule has 14 heavy (non-hydrogen) atoms. The van der Waals surface area contributed by atoms with Gasteiger partial charge in [0, 0.05) is 17.6 Å². The molecule has 1 aromatic heterocycles. The summed E-state index contributed by atoms with van der Waals surface area (Å²) >= 11 is 1.46. The summed E-state index contributed by atoms with van der Waals surface area (Å²) in [6.07, 6.45) is 0. The number of alkyl halides is 2. The molecule has 0 saturated heterocycles. The van der Waals surface area contributed by atoms with Crippen molar-refractivity contribution in [1.29, 1.82) is 0 Å². The number of rotatable bonds is 5. The van der Waals surface area contributed by atoms with Gasteiger partial charge >= 0.3 is 0 Å². The Morgan fingerprint density at radius 2 is 2.36 bits per heavy atom. The number of nitrogens with zero attached hydrogens (tertiary/aromatic N) is 1. The Hall–Kier alpha value is -0.590. The summed E-state index contributed by atoms with van der Waals surface area (Å²) in [5.41, 5.74) is 5.80. The van der Waals surface area contributed by atoms with Gasteiger partial charge in [-0.2, -0.15) is 0 Å². The maximum atomic E-state index is 12.7. The van der Waals surface area contributed by atoms with Crippen LogP contribution in [0, 0.1) is 6.92 Å². The zero-order valence-electron chi connectivity index (χ0n) is 7.89. The summed E-state index contributed by atoms with van der Waals surface area (Å²) in [6, 6.07) is 0. The smallest absolute Gasteiger partial charge is 0.272 e. The molecule has 0 spiro atoms. The monoisotopic (exact) mass is 221 g/mol. The van der Waals surface area contributed by atoms with Crippen LogP contribution in [-0.2, 0) is 6.54 Å². The largest absolute Gasteiger partial charge is 0.325 e. The van der Waals surface area contributed by atoms with Gasteiger partial charge in [-0.15, -0.1) is 11.3 Å². The van der Waals surface area contributed by atoms with E-state index in [9.17, 15) is 8.78 Å². The Balaban J connectivity index is 2.28. The first-order valence-electron chi connectivity index (χ1n) is 4.23. The first-order chi connectivity index (χ1) is 6.53. The topological polar surface area (TPSA) is 50.9 Å². The van der Waals surface area contributed by atoms with Gasteiger partial charge in [0.2, 0.25) is 0 Å². The molecular weight excluding hydrogens is 208 g/mol. The lowest BCUT2D eigenvalue weighted by molar-refractivity contribution is 0.0115. The van der Waals surface area contributed by atoms with Crippen molar-refractivity contribution < 1.29 is 8.78 Å². The molecule has 0 bridgehead atoms. The molecule has 1 rings (SSSR count). The van der Waals surface area contributed by atoms with Crippen molar-refractivity contribution in [3.63, 3.8) is 0 Å². The normalized spacial score (nSPS) is 12.0. The highest BCUT2D eigenvalue weighted by Crippen LogP contribution is 2.11. The van der Waals surface area contributed by atoms with E-state index in [0.717, 1.165) is 10.7 Å². The van der Waals surface area contributed by atoms with Crippen molar-refractivity contribution in [2.75, 3.05) is 13.1 Å². The predicted octanol–water partition coefficient (Wildman–Crippen LogP) is 1.14. The van der Waals surface area contributed by atoms with Crippen molar-refractivity contribution in [2.45, 2.75) is 19.4 Å². The Morgan fingerprint density at radius 3 is 2.86 bits per heavy atom. The second-order valence-corrected chi connectivity index (χ2v) is 3.99. The number of nitrogens with two attached hydrogens (primary N) is 1. The maximum absolute atomic E-state index is 12.7. The molecule has 1 aromatic rings. The van der Waals surface area contributed by atoms with E-state index < -0.39 is 19.0 Å². The average Bonchev–Trinajstić information content (AvgIpc) is 2.51. The van der Waals surface area contributed by atoms with Gasteiger partial charge in [-0.25, -0.2) is 13.8 Å². The van der Waals surface area contributed by atoms with Crippen LogP contribution in [0.2, 0.25) is 0 Å². The van der Waals surface area contributed by atoms with Crippen molar-refractivity contribution in [2.24, 2.45) is 5.73 Å². The molecule has 0 fully saturated rings. The molecule has 6 heteroatoms. The van der Waals surface area contributed by atoms with E-state index in [1.807, 2.05) is 12.3 Å². The van der Waals surface area contributed by atoms with Gasteiger partial charge in [0.15, 0.2) is 0 Å². The van der Waals surface area contributed by atoms with Gasteiger partial charge in [-0.1, -0.05) is 0 Å². The molecule has 3 N–H and O–H groups in total. The lowest BCUT2D eigenvalue weighted by Gasteiger charge is -2.13. The third kappa shape index (κ3) is 3.65. The quantitative estimate of drug-likeness (QED) is 0.783. The van der Waals surface area contributed by atoms with E-state index in [2.05, 4.69) is 10.3 Å². The van der Waals surface area contributed by atoms with Crippen LogP contribution in [0.1, 0.15) is 10.7 Å². The van der Waals surface area contributed by atoms with Crippen molar-refractivity contribution in [1.82, 2.24) is 10.3 Å². The van der Waals surface area contributed by atoms with Gasteiger partial charge in [0.05, 0.1) is 13.1 Å². The third-order valence-electron chi connectivity index (χ3n) is 1.63. The minimum atomic E-state index is -2.83. The van der Waals surface area contributed by atoms with Crippen LogP contribution in [0.25, 0.3) is 0 Å². The van der Waals surface area contributed by atoms with Crippen LogP contribution in [0.5, 0.6) is 0 Å². The fourth-order valence-electron chi connectivity index (χ4n) is 0.908. The van der Waals surface area contributed by atoms with E-state index in [-0.39, 0.29) is 0 Å². The number of hydrogen-bond donors (Lipinski definition) is 2. The number of aryl methyl sites for hydroxylation is 1. The SMILES string of the molecule is Cc1csc(CNCC(F)(F)CN)n1. The summed E-state index contributed by atoms with van der Waals surface area (Å²) in [6.45, 7) is 1.21. The van der Waals surface area contributed by atoms with Crippen molar-refractivity contribution in [3.8, 4) is 0 Å². The first-order valence-corrected chi connectivity index (χ1v) is 5.11. The Morgan fingerprint density at radius 1 is 1.64 bits per heavy atom. The molecule has 0 aliphatic carbocycles. The molecule has 80 valence electrons. The van der Waals surface area contributed by atoms with Gasteiger partial charge in [-0.05, 0) is 6.92 Å². The van der Waals surface area contributed by atoms with Crippen molar-refractivity contribution >= 4 is 11.3 Å². The molecule has 0 amide bonds. The predicted molar refractivity (Wildman–Crippen MR) is 52.6 cm³/mol. The molecule has 0 unspecified atom stereocenters. The minimum absolute atomic E-state index is 0.369. The zero-order chi connectivity index (χ0) is 10.6. The van der Waals surface area contributed by atoms with Crippen LogP contribution in [-0.4, -0.2) is 24.0 Å². The molecule has 0 saturated carbocycles. The highest BCUT2D eigenvalue weighted by atomic mass is 32.1. The standard InChI is InChI=1S/C8H13F2N3S/c1-6-3-14-7(13-6)2-12-5-8(9,10)4-11/h3,12H,2,4-5,11H2,1H3. The Bertz CT molecular complexity index is 288. The highest BCUT2D eigenvalue weighted by molar-refractivity contribution is 7.09. The summed E-state index contributed by atoms with van der Waals surface area (Å²) in [4.78, 5) is 4.14. The summed E-state index contributed by atoms with van der Waals surface area (Å²) < 4.78 is 25.3. The summed E-state index contributed by atoms with van der Waals surface area (Å²) in [5, 5.41) is 5.33. The lowest BCUT2D eigenvalue weighted by atomic mass is 10.3. The average molecular weight is 221 g/mol. The fourth-order valence-corrected chi connectivity index (χ4v) is 1.65. The molecule has 0 atom stereocenters. The van der Waals surface area contributed by atoms with Crippen LogP contribution in [0.15, 0.2) is 5.38 Å². The molecule has 1 heterocycles. The van der Waals surface area contributed by atoms with Crippen LogP contribution < -0.4 is 11.1 Å². The van der Waals surface area contributed by atoms with Crippen molar-refractivity contribution in [3.05, 3.63) is 16.1 Å². The number of aromatic nitrogens is 1. The Labute approximate surface area is 85.3 Å². The lowest BCUT2D eigenvalue weighted by Crippen LogP contribution is -2.38. The molecule has 0 aliphatic rings.